The van der Waals surface area contributed by atoms with Crippen LogP contribution in [0, 0.1) is 12.8 Å². The molecule has 0 aromatic heterocycles. The number of hydrogen-bond donors (Lipinski definition) is 1. The highest BCUT2D eigenvalue weighted by Crippen LogP contribution is 2.41. The maximum absolute atomic E-state index is 12.3. The van der Waals surface area contributed by atoms with Crippen molar-refractivity contribution in [2.75, 3.05) is 19.5 Å². The van der Waals surface area contributed by atoms with Crippen LogP contribution in [0.4, 0.5) is 5.69 Å². The Bertz CT molecular complexity index is 776. The van der Waals surface area contributed by atoms with Crippen LogP contribution in [0.1, 0.15) is 65.6 Å². The Morgan fingerprint density at radius 3 is 2.61 bits per heavy atom. The lowest BCUT2D eigenvalue weighted by molar-refractivity contribution is -0.143. The van der Waals surface area contributed by atoms with Crippen molar-refractivity contribution in [3.63, 3.8) is 0 Å². The normalized spacial score (nSPS) is 17.2. The average molecular weight is 387 g/mol. The third-order valence-electron chi connectivity index (χ3n) is 5.72. The van der Waals surface area contributed by atoms with Crippen LogP contribution < -0.4 is 10.1 Å². The molecule has 0 spiro atoms. The molecule has 0 unspecified atom stereocenters. The van der Waals surface area contributed by atoms with E-state index in [1.165, 1.54) is 19.1 Å². The van der Waals surface area contributed by atoms with Crippen LogP contribution in [0.2, 0.25) is 0 Å². The molecule has 3 rings (SSSR count). The highest BCUT2D eigenvalue weighted by Gasteiger charge is 2.31. The van der Waals surface area contributed by atoms with Gasteiger partial charge in [-0.05, 0) is 37.8 Å². The zero-order valence-corrected chi connectivity index (χ0v) is 16.9. The molecule has 1 aliphatic carbocycles. The van der Waals surface area contributed by atoms with Crippen LogP contribution in [0.3, 0.4) is 0 Å². The number of rotatable bonds is 6. The molecule has 152 valence electrons. The van der Waals surface area contributed by atoms with E-state index < -0.39 is 0 Å². The van der Waals surface area contributed by atoms with Gasteiger partial charge in [0.25, 0.3) is 0 Å². The standard InChI is InChI=1S/C22H29NO5/c1-14-17-13-28-22(25)18(17)19(23-2)16(20(14)26-3)11-8-12-27-21(24)15-9-6-4-5-7-10-15/h8,12,15,23H,4-7,9-11,13H2,1-3H3/b12-8+. The predicted octanol–water partition coefficient (Wildman–Crippen LogP) is 4.29. The smallest absolute Gasteiger partial charge is 0.341 e. The minimum Gasteiger partial charge on any atom is -0.496 e. The van der Waals surface area contributed by atoms with Crippen molar-refractivity contribution in [3.05, 3.63) is 34.6 Å². The van der Waals surface area contributed by atoms with E-state index in [0.717, 1.165) is 48.1 Å². The number of fused-ring (bicyclic) bond motifs is 1. The Morgan fingerprint density at radius 2 is 1.96 bits per heavy atom. The maximum atomic E-state index is 12.3. The van der Waals surface area contributed by atoms with E-state index in [2.05, 4.69) is 5.32 Å². The molecule has 0 radical (unpaired) electrons. The van der Waals surface area contributed by atoms with E-state index >= 15 is 0 Å². The number of carbonyl (C=O) groups excluding carboxylic acids is 2. The van der Waals surface area contributed by atoms with Gasteiger partial charge in [0, 0.05) is 18.2 Å². The molecule has 6 nitrogen and oxygen atoms in total. The third-order valence-corrected chi connectivity index (χ3v) is 5.72. The molecule has 1 N–H and O–H groups in total. The summed E-state index contributed by atoms with van der Waals surface area (Å²) in [6.07, 6.45) is 10.1. The lowest BCUT2D eigenvalue weighted by Crippen LogP contribution is -2.14. The first-order valence-electron chi connectivity index (χ1n) is 10.0. The van der Waals surface area contributed by atoms with Gasteiger partial charge in [0.1, 0.15) is 12.4 Å². The zero-order valence-electron chi connectivity index (χ0n) is 16.9. The van der Waals surface area contributed by atoms with Gasteiger partial charge in [0.15, 0.2) is 0 Å². The first kappa shape index (κ1) is 20.2. The van der Waals surface area contributed by atoms with Crippen LogP contribution >= 0.6 is 0 Å². The van der Waals surface area contributed by atoms with Crippen molar-refractivity contribution in [2.45, 2.75) is 58.5 Å². The van der Waals surface area contributed by atoms with Crippen molar-refractivity contribution in [1.29, 1.82) is 0 Å². The van der Waals surface area contributed by atoms with E-state index in [4.69, 9.17) is 14.2 Å². The number of methoxy groups -OCH3 is 1. The number of benzene rings is 1. The number of esters is 2. The van der Waals surface area contributed by atoms with E-state index in [1.807, 2.05) is 6.92 Å². The quantitative estimate of drug-likeness (QED) is 0.446. The molecule has 0 amide bonds. The molecule has 1 saturated carbocycles. The fourth-order valence-corrected chi connectivity index (χ4v) is 4.22. The van der Waals surface area contributed by atoms with Gasteiger partial charge in [-0.1, -0.05) is 25.7 Å². The number of cyclic esters (lactones) is 1. The molecule has 1 aromatic carbocycles. The molecule has 1 aromatic rings. The van der Waals surface area contributed by atoms with Crippen LogP contribution in [0.25, 0.3) is 0 Å². The fraction of sp³-hybridized carbons (Fsp3) is 0.545. The number of anilines is 1. The van der Waals surface area contributed by atoms with Crippen LogP contribution in [-0.2, 0) is 27.3 Å². The minimum absolute atomic E-state index is 0.00608. The molecule has 28 heavy (non-hydrogen) atoms. The van der Waals surface area contributed by atoms with Crippen molar-refractivity contribution in [1.82, 2.24) is 0 Å². The Balaban J connectivity index is 1.75. The monoisotopic (exact) mass is 387 g/mol. The van der Waals surface area contributed by atoms with Crippen LogP contribution in [0.15, 0.2) is 12.3 Å². The largest absolute Gasteiger partial charge is 0.496 e. The average Bonchev–Trinajstić information content (AvgIpc) is 2.91. The van der Waals surface area contributed by atoms with Crippen LogP contribution in [-0.4, -0.2) is 26.1 Å². The molecule has 1 heterocycles. The molecule has 6 heteroatoms. The Labute approximate surface area is 166 Å². The lowest BCUT2D eigenvalue weighted by Gasteiger charge is -2.18. The first-order chi connectivity index (χ1) is 13.6. The summed E-state index contributed by atoms with van der Waals surface area (Å²) in [4.78, 5) is 24.5. The molecule has 2 aliphatic rings. The molecule has 0 atom stereocenters. The molecule has 1 aliphatic heterocycles. The van der Waals surface area contributed by atoms with Gasteiger partial charge in [0.05, 0.1) is 30.5 Å². The second-order valence-corrected chi connectivity index (χ2v) is 7.39. The molecular weight excluding hydrogens is 358 g/mol. The second-order valence-electron chi connectivity index (χ2n) is 7.39. The Kier molecular flexibility index (Phi) is 6.60. The Hall–Kier alpha value is -2.50. The van der Waals surface area contributed by atoms with Gasteiger partial charge >= 0.3 is 11.9 Å². The zero-order chi connectivity index (χ0) is 20.1. The topological polar surface area (TPSA) is 73.9 Å². The molecule has 0 bridgehead atoms. The third kappa shape index (κ3) is 4.01. The molecule has 1 fully saturated rings. The number of allylic oxidation sites excluding steroid dienone is 1. The number of carbonyl (C=O) groups is 2. The number of nitrogens with one attached hydrogen (secondary N) is 1. The summed E-state index contributed by atoms with van der Waals surface area (Å²) in [5, 5.41) is 3.11. The van der Waals surface area contributed by atoms with Crippen LogP contribution in [0.5, 0.6) is 5.75 Å². The lowest BCUT2D eigenvalue weighted by atomic mass is 9.94. The second kappa shape index (κ2) is 9.13. The van der Waals surface area contributed by atoms with Crippen molar-refractivity contribution in [3.8, 4) is 5.75 Å². The first-order valence-corrected chi connectivity index (χ1v) is 10.0. The summed E-state index contributed by atoms with van der Waals surface area (Å²) in [6, 6.07) is 0. The van der Waals surface area contributed by atoms with E-state index in [0.29, 0.717) is 17.7 Å². The maximum Gasteiger partial charge on any atom is 0.341 e. The Morgan fingerprint density at radius 1 is 1.25 bits per heavy atom. The van der Waals surface area contributed by atoms with Crippen molar-refractivity contribution >= 4 is 17.6 Å². The van der Waals surface area contributed by atoms with E-state index in [9.17, 15) is 9.59 Å². The van der Waals surface area contributed by atoms with Crippen molar-refractivity contribution in [2.24, 2.45) is 5.92 Å². The molecule has 0 saturated heterocycles. The highest BCUT2D eigenvalue weighted by atomic mass is 16.5. The number of ether oxygens (including phenoxy) is 3. The van der Waals surface area contributed by atoms with E-state index in [1.54, 1.807) is 20.2 Å². The van der Waals surface area contributed by atoms with E-state index in [-0.39, 0.29) is 24.5 Å². The van der Waals surface area contributed by atoms with Gasteiger partial charge in [-0.25, -0.2) is 4.79 Å². The van der Waals surface area contributed by atoms with Gasteiger partial charge in [0.2, 0.25) is 0 Å². The fourth-order valence-electron chi connectivity index (χ4n) is 4.22. The van der Waals surface area contributed by atoms with Crippen molar-refractivity contribution < 1.29 is 23.8 Å². The van der Waals surface area contributed by atoms with Gasteiger partial charge in [-0.2, -0.15) is 0 Å². The van der Waals surface area contributed by atoms with Gasteiger partial charge in [-0.3, -0.25) is 4.79 Å². The predicted molar refractivity (Wildman–Crippen MR) is 107 cm³/mol. The highest BCUT2D eigenvalue weighted by molar-refractivity contribution is 6.01. The summed E-state index contributed by atoms with van der Waals surface area (Å²) in [5.74, 6) is 0.260. The van der Waals surface area contributed by atoms with Gasteiger partial charge < -0.3 is 19.5 Å². The summed E-state index contributed by atoms with van der Waals surface area (Å²) in [7, 11) is 3.39. The summed E-state index contributed by atoms with van der Waals surface area (Å²) in [6.45, 7) is 2.19. The SMILES string of the molecule is CNc1c(C/C=C/OC(=O)C2CCCCCC2)c(OC)c(C)c2c1C(=O)OC2. The summed E-state index contributed by atoms with van der Waals surface area (Å²) in [5.41, 5.74) is 3.89. The number of hydrogen-bond acceptors (Lipinski definition) is 6. The summed E-state index contributed by atoms with van der Waals surface area (Å²) >= 11 is 0. The minimum atomic E-state index is -0.324. The molecular formula is C22H29NO5. The van der Waals surface area contributed by atoms with Gasteiger partial charge in [-0.15, -0.1) is 0 Å². The summed E-state index contributed by atoms with van der Waals surface area (Å²) < 4.78 is 16.2.